The zero-order chi connectivity index (χ0) is 19.8. The van der Waals surface area contributed by atoms with Crippen molar-refractivity contribution in [1.29, 1.82) is 0 Å². The molecule has 1 atom stereocenters. The van der Waals surface area contributed by atoms with E-state index in [4.69, 9.17) is 0 Å². The molecule has 0 spiro atoms. The van der Waals surface area contributed by atoms with Gasteiger partial charge >= 0.3 is 0 Å². The molecule has 144 valence electrons. The second-order valence-electron chi connectivity index (χ2n) is 6.39. The first-order valence-electron chi connectivity index (χ1n) is 8.97. The third kappa shape index (κ3) is 6.17. The summed E-state index contributed by atoms with van der Waals surface area (Å²) in [6.07, 6.45) is 0.722. The molecule has 4 nitrogen and oxygen atoms in total. The monoisotopic (exact) mass is 434 g/mol. The number of nitrogens with zero attached hydrogens (tertiary/aromatic N) is 1. The number of carbonyl (C=O) groups is 2. The lowest BCUT2D eigenvalue weighted by Gasteiger charge is -2.29. The van der Waals surface area contributed by atoms with Crippen LogP contribution in [0.3, 0.4) is 0 Å². The molecule has 0 unspecified atom stereocenters. The number of hydrogen-bond acceptors (Lipinski definition) is 2. The van der Waals surface area contributed by atoms with Crippen LogP contribution < -0.4 is 5.32 Å². The lowest BCUT2D eigenvalue weighted by atomic mass is 10.1. The summed E-state index contributed by atoms with van der Waals surface area (Å²) in [5.41, 5.74) is 1.21. The van der Waals surface area contributed by atoms with Crippen molar-refractivity contribution in [3.05, 3.63) is 69.9 Å². The van der Waals surface area contributed by atoms with Gasteiger partial charge in [-0.15, -0.1) is 0 Å². The lowest BCUT2D eigenvalue weighted by Crippen LogP contribution is -2.48. The molecule has 0 saturated heterocycles. The fraction of sp³-hybridized carbons (Fsp3) is 0.333. The molecule has 0 aliphatic rings. The summed E-state index contributed by atoms with van der Waals surface area (Å²) < 4.78 is 14.9. The quantitative estimate of drug-likeness (QED) is 0.680. The van der Waals surface area contributed by atoms with Crippen LogP contribution in [-0.4, -0.2) is 29.3 Å². The van der Waals surface area contributed by atoms with E-state index >= 15 is 0 Å². The Kier molecular flexibility index (Phi) is 7.98. The van der Waals surface area contributed by atoms with Gasteiger partial charge in [-0.3, -0.25) is 9.59 Å². The van der Waals surface area contributed by atoms with E-state index in [1.54, 1.807) is 25.1 Å². The molecule has 2 rings (SSSR count). The second kappa shape index (κ2) is 10.2. The molecule has 2 aromatic rings. The SMILES string of the molecule is CCCNC(=O)[C@H](C)N(Cc1cccc(Br)c1)C(=O)Cc1ccccc1F. The van der Waals surface area contributed by atoms with Crippen LogP contribution in [0.4, 0.5) is 4.39 Å². The van der Waals surface area contributed by atoms with Crippen molar-refractivity contribution < 1.29 is 14.0 Å². The largest absolute Gasteiger partial charge is 0.354 e. The van der Waals surface area contributed by atoms with Gasteiger partial charge in [-0.25, -0.2) is 4.39 Å². The van der Waals surface area contributed by atoms with Crippen LogP contribution in [0.25, 0.3) is 0 Å². The fourth-order valence-corrected chi connectivity index (χ4v) is 3.16. The molecule has 0 aliphatic carbocycles. The van der Waals surface area contributed by atoms with Gasteiger partial charge in [0.25, 0.3) is 0 Å². The highest BCUT2D eigenvalue weighted by Gasteiger charge is 2.26. The average molecular weight is 435 g/mol. The topological polar surface area (TPSA) is 49.4 Å². The van der Waals surface area contributed by atoms with Crippen LogP contribution in [0.1, 0.15) is 31.4 Å². The molecule has 0 aliphatic heterocycles. The zero-order valence-electron chi connectivity index (χ0n) is 15.5. The van der Waals surface area contributed by atoms with Gasteiger partial charge in [-0.1, -0.05) is 53.2 Å². The Morgan fingerprint density at radius 3 is 2.59 bits per heavy atom. The molecule has 0 radical (unpaired) electrons. The number of rotatable bonds is 8. The maximum absolute atomic E-state index is 14.0. The van der Waals surface area contributed by atoms with Crippen LogP contribution in [0.15, 0.2) is 53.0 Å². The maximum atomic E-state index is 14.0. The molecule has 27 heavy (non-hydrogen) atoms. The minimum absolute atomic E-state index is 0.0912. The molecule has 1 N–H and O–H groups in total. The van der Waals surface area contributed by atoms with Crippen molar-refractivity contribution in [1.82, 2.24) is 10.2 Å². The first-order valence-corrected chi connectivity index (χ1v) is 9.76. The van der Waals surface area contributed by atoms with E-state index in [1.807, 2.05) is 31.2 Å². The Balaban J connectivity index is 2.23. The molecule has 0 heterocycles. The molecule has 0 bridgehead atoms. The van der Waals surface area contributed by atoms with Crippen molar-refractivity contribution in [2.75, 3.05) is 6.54 Å². The molecule has 0 saturated carbocycles. The standard InChI is InChI=1S/C21H24BrFN2O2/c1-3-11-24-21(27)15(2)25(14-16-7-6-9-18(22)12-16)20(26)13-17-8-4-5-10-19(17)23/h4-10,12,15H,3,11,13-14H2,1-2H3,(H,24,27)/t15-/m0/s1. The summed E-state index contributed by atoms with van der Waals surface area (Å²) in [6.45, 7) is 4.48. The Labute approximate surface area is 167 Å². The van der Waals surface area contributed by atoms with E-state index in [0.29, 0.717) is 12.1 Å². The molecule has 0 aromatic heterocycles. The Morgan fingerprint density at radius 1 is 1.19 bits per heavy atom. The predicted molar refractivity (Wildman–Crippen MR) is 108 cm³/mol. The van der Waals surface area contributed by atoms with E-state index in [1.165, 1.54) is 11.0 Å². The van der Waals surface area contributed by atoms with Crippen LogP contribution in [-0.2, 0) is 22.6 Å². The van der Waals surface area contributed by atoms with Crippen molar-refractivity contribution in [2.24, 2.45) is 0 Å². The normalized spacial score (nSPS) is 11.7. The smallest absolute Gasteiger partial charge is 0.242 e. The molecule has 2 aromatic carbocycles. The maximum Gasteiger partial charge on any atom is 0.242 e. The Morgan fingerprint density at radius 2 is 1.93 bits per heavy atom. The van der Waals surface area contributed by atoms with E-state index in [9.17, 15) is 14.0 Å². The lowest BCUT2D eigenvalue weighted by molar-refractivity contribution is -0.140. The number of halogens is 2. The summed E-state index contributed by atoms with van der Waals surface area (Å²) in [7, 11) is 0. The molecular formula is C21H24BrFN2O2. The number of benzene rings is 2. The van der Waals surface area contributed by atoms with E-state index in [0.717, 1.165) is 16.5 Å². The first-order chi connectivity index (χ1) is 12.9. The van der Waals surface area contributed by atoms with Gasteiger partial charge in [0.05, 0.1) is 6.42 Å². The first kappa shape index (κ1) is 21.1. The third-order valence-corrected chi connectivity index (χ3v) is 4.75. The van der Waals surface area contributed by atoms with Gasteiger partial charge in [-0.2, -0.15) is 0 Å². The van der Waals surface area contributed by atoms with Gasteiger partial charge in [0.15, 0.2) is 0 Å². The second-order valence-corrected chi connectivity index (χ2v) is 7.30. The van der Waals surface area contributed by atoms with Gasteiger partial charge < -0.3 is 10.2 Å². The summed E-state index contributed by atoms with van der Waals surface area (Å²) in [5, 5.41) is 2.82. The highest BCUT2D eigenvalue weighted by atomic mass is 79.9. The van der Waals surface area contributed by atoms with Gasteiger partial charge in [0.2, 0.25) is 11.8 Å². The average Bonchev–Trinajstić information content (AvgIpc) is 2.65. The van der Waals surface area contributed by atoms with Gasteiger partial charge in [0, 0.05) is 17.6 Å². The van der Waals surface area contributed by atoms with Crippen LogP contribution in [0.5, 0.6) is 0 Å². The van der Waals surface area contributed by atoms with Crippen molar-refractivity contribution in [3.8, 4) is 0 Å². The van der Waals surface area contributed by atoms with E-state index < -0.39 is 11.9 Å². The van der Waals surface area contributed by atoms with Crippen molar-refractivity contribution in [2.45, 2.75) is 39.3 Å². The summed E-state index contributed by atoms with van der Waals surface area (Å²) in [4.78, 5) is 26.9. The van der Waals surface area contributed by atoms with Crippen molar-refractivity contribution in [3.63, 3.8) is 0 Å². The molecular weight excluding hydrogens is 411 g/mol. The summed E-state index contributed by atoms with van der Waals surface area (Å²) in [6, 6.07) is 13.1. The highest BCUT2D eigenvalue weighted by Crippen LogP contribution is 2.17. The predicted octanol–water partition coefficient (Wildman–Crippen LogP) is 4.07. The zero-order valence-corrected chi connectivity index (χ0v) is 17.1. The number of nitrogens with one attached hydrogen (secondary N) is 1. The Bertz CT molecular complexity index is 797. The summed E-state index contributed by atoms with van der Waals surface area (Å²) in [5.74, 6) is -0.927. The van der Waals surface area contributed by atoms with E-state index in [2.05, 4.69) is 21.2 Å². The Hall–Kier alpha value is -2.21. The highest BCUT2D eigenvalue weighted by molar-refractivity contribution is 9.10. The third-order valence-electron chi connectivity index (χ3n) is 4.26. The minimum atomic E-state index is -0.658. The minimum Gasteiger partial charge on any atom is -0.354 e. The summed E-state index contributed by atoms with van der Waals surface area (Å²) >= 11 is 3.42. The fourth-order valence-electron chi connectivity index (χ4n) is 2.72. The van der Waals surface area contributed by atoms with Crippen LogP contribution in [0, 0.1) is 5.82 Å². The molecule has 6 heteroatoms. The van der Waals surface area contributed by atoms with Crippen molar-refractivity contribution >= 4 is 27.7 Å². The number of carbonyl (C=O) groups excluding carboxylic acids is 2. The van der Waals surface area contributed by atoms with Gasteiger partial charge in [-0.05, 0) is 42.7 Å². The number of hydrogen-bond donors (Lipinski definition) is 1. The number of amides is 2. The van der Waals surface area contributed by atoms with E-state index in [-0.39, 0.29) is 24.8 Å². The van der Waals surface area contributed by atoms with Crippen LogP contribution in [0.2, 0.25) is 0 Å². The van der Waals surface area contributed by atoms with Gasteiger partial charge in [0.1, 0.15) is 11.9 Å². The van der Waals surface area contributed by atoms with Crippen LogP contribution >= 0.6 is 15.9 Å². The molecule has 2 amide bonds. The molecule has 0 fully saturated rings.